The van der Waals surface area contributed by atoms with Crippen LogP contribution >= 0.6 is 0 Å². The van der Waals surface area contributed by atoms with Crippen molar-refractivity contribution in [2.24, 2.45) is 5.92 Å². The van der Waals surface area contributed by atoms with Crippen LogP contribution in [-0.4, -0.2) is 25.0 Å². The van der Waals surface area contributed by atoms with E-state index in [1.165, 1.54) is 6.08 Å². The first-order chi connectivity index (χ1) is 9.60. The number of nitrogens with one attached hydrogen (secondary N) is 1. The smallest absolute Gasteiger partial charge is 0.325 e. The summed E-state index contributed by atoms with van der Waals surface area (Å²) in [5.41, 5.74) is 0. The van der Waals surface area contributed by atoms with Crippen LogP contribution in [0.1, 0.15) is 37.7 Å². The maximum absolute atomic E-state index is 11.5. The van der Waals surface area contributed by atoms with Crippen LogP contribution < -0.4 is 5.32 Å². The van der Waals surface area contributed by atoms with Crippen molar-refractivity contribution in [3.8, 4) is 0 Å². The van der Waals surface area contributed by atoms with Gasteiger partial charge in [-0.3, -0.25) is 9.59 Å². The molecule has 0 spiro atoms. The summed E-state index contributed by atoms with van der Waals surface area (Å²) in [5.74, 6) is 2.03. The topological polar surface area (TPSA) is 68.5 Å². The lowest BCUT2D eigenvalue weighted by Gasteiger charge is -2.01. The molecule has 5 heteroatoms. The van der Waals surface area contributed by atoms with E-state index in [1.54, 1.807) is 13.0 Å². The van der Waals surface area contributed by atoms with Gasteiger partial charge in [0, 0.05) is 12.0 Å². The molecule has 0 aliphatic heterocycles. The highest BCUT2D eigenvalue weighted by molar-refractivity contribution is 5.93. The Kier molecular flexibility index (Phi) is 4.61. The first kappa shape index (κ1) is 14.4. The summed E-state index contributed by atoms with van der Waals surface area (Å²) in [5, 5.41) is 2.44. The molecule has 0 aromatic carbocycles. The molecule has 108 valence electrons. The van der Waals surface area contributed by atoms with E-state index in [0.717, 1.165) is 12.2 Å². The fourth-order valence-electron chi connectivity index (χ4n) is 1.96. The number of hydrogen-bond acceptors (Lipinski definition) is 4. The van der Waals surface area contributed by atoms with Gasteiger partial charge in [0.05, 0.1) is 6.61 Å². The number of carbonyl (C=O) groups excluding carboxylic acids is 2. The minimum absolute atomic E-state index is 0.125. The highest BCUT2D eigenvalue weighted by Crippen LogP contribution is 2.47. The van der Waals surface area contributed by atoms with Gasteiger partial charge in [-0.05, 0) is 37.5 Å². The van der Waals surface area contributed by atoms with E-state index >= 15 is 0 Å². The second-order valence-corrected chi connectivity index (χ2v) is 4.92. The zero-order valence-corrected chi connectivity index (χ0v) is 11.7. The molecule has 0 bridgehead atoms. The predicted octanol–water partition coefficient (Wildman–Crippen LogP) is 2.10. The average Bonchev–Trinajstić information content (AvgIpc) is 2.97. The standard InChI is InChI=1S/C15H19NO4/c1-3-19-15(18)9-16-14(17)7-5-11-4-6-13(20-11)12-8-10(12)2/h4-7,10,12H,3,8-9H2,1-2H3,(H,16,17)/b7-5+. The van der Waals surface area contributed by atoms with Crippen LogP contribution in [0.4, 0.5) is 0 Å². The number of hydrogen-bond donors (Lipinski definition) is 1. The van der Waals surface area contributed by atoms with E-state index in [0.29, 0.717) is 24.2 Å². The van der Waals surface area contributed by atoms with Crippen molar-refractivity contribution in [1.82, 2.24) is 5.32 Å². The molecule has 2 atom stereocenters. The molecule has 0 radical (unpaired) electrons. The number of esters is 1. The van der Waals surface area contributed by atoms with Crippen LogP contribution in [0.5, 0.6) is 0 Å². The predicted molar refractivity (Wildman–Crippen MR) is 73.9 cm³/mol. The number of amides is 1. The number of ether oxygens (including phenoxy) is 1. The maximum Gasteiger partial charge on any atom is 0.325 e. The zero-order valence-electron chi connectivity index (χ0n) is 11.7. The van der Waals surface area contributed by atoms with Gasteiger partial charge in [-0.25, -0.2) is 0 Å². The SMILES string of the molecule is CCOC(=O)CNC(=O)/C=C/c1ccc(C2CC2C)o1. The third-order valence-corrected chi connectivity index (χ3v) is 3.23. The fourth-order valence-corrected chi connectivity index (χ4v) is 1.96. The third kappa shape index (κ3) is 3.98. The number of rotatable bonds is 6. The quantitative estimate of drug-likeness (QED) is 0.638. The van der Waals surface area contributed by atoms with Gasteiger partial charge in [-0.2, -0.15) is 0 Å². The van der Waals surface area contributed by atoms with Crippen LogP contribution in [0.25, 0.3) is 6.08 Å². The van der Waals surface area contributed by atoms with E-state index < -0.39 is 5.97 Å². The van der Waals surface area contributed by atoms with Crippen LogP contribution in [0.2, 0.25) is 0 Å². The Bertz CT molecular complexity index is 518. The molecule has 1 amide bonds. The molecular formula is C15H19NO4. The molecule has 20 heavy (non-hydrogen) atoms. The lowest BCUT2D eigenvalue weighted by atomic mass is 10.3. The summed E-state index contributed by atoms with van der Waals surface area (Å²) in [7, 11) is 0. The molecule has 1 aromatic rings. The Morgan fingerprint density at radius 1 is 1.50 bits per heavy atom. The van der Waals surface area contributed by atoms with Gasteiger partial charge in [0.1, 0.15) is 18.1 Å². The molecule has 1 aliphatic rings. The Labute approximate surface area is 118 Å². The normalized spacial score (nSPS) is 20.9. The molecule has 1 aliphatic carbocycles. The van der Waals surface area contributed by atoms with Crippen LogP contribution in [0.15, 0.2) is 22.6 Å². The molecule has 5 nitrogen and oxygen atoms in total. The number of carbonyl (C=O) groups is 2. The van der Waals surface area contributed by atoms with Crippen molar-refractivity contribution in [3.05, 3.63) is 29.7 Å². The molecule has 1 saturated carbocycles. The Morgan fingerprint density at radius 3 is 2.90 bits per heavy atom. The Balaban J connectivity index is 1.78. The van der Waals surface area contributed by atoms with Crippen molar-refractivity contribution < 1.29 is 18.7 Å². The molecular weight excluding hydrogens is 258 g/mol. The summed E-state index contributed by atoms with van der Waals surface area (Å²) in [4.78, 5) is 22.5. The lowest BCUT2D eigenvalue weighted by Crippen LogP contribution is -2.29. The summed E-state index contributed by atoms with van der Waals surface area (Å²) in [6.07, 6.45) is 4.10. The summed E-state index contributed by atoms with van der Waals surface area (Å²) in [6.45, 7) is 4.08. The average molecular weight is 277 g/mol. The minimum Gasteiger partial charge on any atom is -0.465 e. The minimum atomic E-state index is -0.447. The van der Waals surface area contributed by atoms with Crippen molar-refractivity contribution in [2.75, 3.05) is 13.2 Å². The highest BCUT2D eigenvalue weighted by Gasteiger charge is 2.36. The van der Waals surface area contributed by atoms with E-state index in [1.807, 2.05) is 12.1 Å². The van der Waals surface area contributed by atoms with Gasteiger partial charge in [0.15, 0.2) is 0 Å². The largest absolute Gasteiger partial charge is 0.465 e. The molecule has 2 unspecified atom stereocenters. The van der Waals surface area contributed by atoms with Gasteiger partial charge < -0.3 is 14.5 Å². The molecule has 1 fully saturated rings. The van der Waals surface area contributed by atoms with Crippen LogP contribution in [0.3, 0.4) is 0 Å². The number of furan rings is 1. The van der Waals surface area contributed by atoms with Crippen LogP contribution in [0, 0.1) is 5.92 Å². The summed E-state index contributed by atoms with van der Waals surface area (Å²) >= 11 is 0. The molecule has 2 rings (SSSR count). The van der Waals surface area contributed by atoms with Gasteiger partial charge >= 0.3 is 5.97 Å². The third-order valence-electron chi connectivity index (χ3n) is 3.23. The molecule has 1 N–H and O–H groups in total. The van der Waals surface area contributed by atoms with Gasteiger partial charge in [-0.15, -0.1) is 0 Å². The molecule has 1 heterocycles. The van der Waals surface area contributed by atoms with Crippen LogP contribution in [-0.2, 0) is 14.3 Å². The van der Waals surface area contributed by atoms with Crippen molar-refractivity contribution in [3.63, 3.8) is 0 Å². The molecule has 0 saturated heterocycles. The van der Waals surface area contributed by atoms with Gasteiger partial charge in [0.25, 0.3) is 0 Å². The Morgan fingerprint density at radius 2 is 2.25 bits per heavy atom. The van der Waals surface area contributed by atoms with Gasteiger partial charge in [0.2, 0.25) is 5.91 Å². The zero-order chi connectivity index (χ0) is 14.5. The lowest BCUT2D eigenvalue weighted by molar-refractivity contribution is -0.143. The second kappa shape index (κ2) is 6.41. The second-order valence-electron chi connectivity index (χ2n) is 4.92. The first-order valence-electron chi connectivity index (χ1n) is 6.81. The van der Waals surface area contributed by atoms with Gasteiger partial charge in [-0.1, -0.05) is 6.92 Å². The first-order valence-corrected chi connectivity index (χ1v) is 6.81. The van der Waals surface area contributed by atoms with E-state index in [2.05, 4.69) is 12.2 Å². The highest BCUT2D eigenvalue weighted by atomic mass is 16.5. The van der Waals surface area contributed by atoms with Crippen molar-refractivity contribution >= 4 is 18.0 Å². The van der Waals surface area contributed by atoms with Crippen molar-refractivity contribution in [2.45, 2.75) is 26.2 Å². The molecule has 1 aromatic heterocycles. The fraction of sp³-hybridized carbons (Fsp3) is 0.467. The Hall–Kier alpha value is -2.04. The summed E-state index contributed by atoms with van der Waals surface area (Å²) in [6, 6.07) is 3.79. The van der Waals surface area contributed by atoms with E-state index in [9.17, 15) is 9.59 Å². The monoisotopic (exact) mass is 277 g/mol. The van der Waals surface area contributed by atoms with E-state index in [-0.39, 0.29) is 12.5 Å². The maximum atomic E-state index is 11.5. The summed E-state index contributed by atoms with van der Waals surface area (Å²) < 4.78 is 10.3. The van der Waals surface area contributed by atoms with E-state index in [4.69, 9.17) is 9.15 Å². The van der Waals surface area contributed by atoms with Crippen molar-refractivity contribution in [1.29, 1.82) is 0 Å².